The van der Waals surface area contributed by atoms with Crippen molar-refractivity contribution in [3.8, 4) is 11.5 Å². The first-order valence-corrected chi connectivity index (χ1v) is 8.02. The number of carbonyl (C=O) groups is 1. The summed E-state index contributed by atoms with van der Waals surface area (Å²) in [5, 5.41) is 16.7. The molecule has 2 aromatic rings. The zero-order valence-corrected chi connectivity index (χ0v) is 13.5. The van der Waals surface area contributed by atoms with E-state index in [-0.39, 0.29) is 23.3 Å². The van der Waals surface area contributed by atoms with Crippen LogP contribution >= 0.6 is 0 Å². The predicted octanol–water partition coefficient (Wildman–Crippen LogP) is 4.42. The SMILES string of the molecule is Cc1nnc(-c2cc([C@@H]3CCCCC3C(=O)O)ccc2C(F)(F)F)o1. The topological polar surface area (TPSA) is 76.2 Å². The highest BCUT2D eigenvalue weighted by molar-refractivity contribution is 5.72. The second-order valence-electron chi connectivity index (χ2n) is 6.26. The van der Waals surface area contributed by atoms with Gasteiger partial charge in [-0.3, -0.25) is 4.79 Å². The van der Waals surface area contributed by atoms with E-state index in [1.54, 1.807) is 0 Å². The summed E-state index contributed by atoms with van der Waals surface area (Å²) in [6.45, 7) is 1.50. The van der Waals surface area contributed by atoms with E-state index in [2.05, 4.69) is 10.2 Å². The molecule has 1 aliphatic rings. The van der Waals surface area contributed by atoms with E-state index in [4.69, 9.17) is 4.42 Å². The van der Waals surface area contributed by atoms with Crippen LogP contribution in [0.25, 0.3) is 11.5 Å². The van der Waals surface area contributed by atoms with Crippen LogP contribution in [0.5, 0.6) is 0 Å². The number of hydrogen-bond acceptors (Lipinski definition) is 4. The Labute approximate surface area is 141 Å². The van der Waals surface area contributed by atoms with Crippen molar-refractivity contribution in [2.45, 2.75) is 44.7 Å². The lowest BCUT2D eigenvalue weighted by Crippen LogP contribution is -2.25. The minimum Gasteiger partial charge on any atom is -0.481 e. The largest absolute Gasteiger partial charge is 0.481 e. The number of carboxylic acids is 1. The number of benzene rings is 1. The first-order chi connectivity index (χ1) is 11.8. The maximum Gasteiger partial charge on any atom is 0.417 e. The van der Waals surface area contributed by atoms with Crippen LogP contribution in [-0.2, 0) is 11.0 Å². The van der Waals surface area contributed by atoms with Crippen LogP contribution in [0.1, 0.15) is 48.6 Å². The van der Waals surface area contributed by atoms with E-state index in [0.29, 0.717) is 18.4 Å². The molecule has 1 aromatic carbocycles. The van der Waals surface area contributed by atoms with Crippen LogP contribution in [0.3, 0.4) is 0 Å². The molecular formula is C17H17F3N2O3. The summed E-state index contributed by atoms with van der Waals surface area (Å²) in [5.74, 6) is -1.89. The summed E-state index contributed by atoms with van der Waals surface area (Å²) >= 11 is 0. The molecular weight excluding hydrogens is 337 g/mol. The Morgan fingerprint density at radius 3 is 2.56 bits per heavy atom. The van der Waals surface area contributed by atoms with Gasteiger partial charge in [-0.2, -0.15) is 13.2 Å². The Morgan fingerprint density at radius 2 is 1.96 bits per heavy atom. The minimum absolute atomic E-state index is 0.162. The molecule has 25 heavy (non-hydrogen) atoms. The normalized spacial score (nSPS) is 21.3. The van der Waals surface area contributed by atoms with Gasteiger partial charge < -0.3 is 9.52 Å². The summed E-state index contributed by atoms with van der Waals surface area (Å²) in [5.41, 5.74) is -0.520. The van der Waals surface area contributed by atoms with Crippen LogP contribution in [0.4, 0.5) is 13.2 Å². The molecule has 0 aliphatic heterocycles. The Bertz CT molecular complexity index is 786. The van der Waals surface area contributed by atoms with E-state index in [9.17, 15) is 23.1 Å². The molecule has 0 saturated heterocycles. The molecule has 5 nitrogen and oxygen atoms in total. The van der Waals surface area contributed by atoms with Crippen molar-refractivity contribution in [2.24, 2.45) is 5.92 Å². The van der Waals surface area contributed by atoms with Gasteiger partial charge in [0.05, 0.1) is 17.0 Å². The Balaban J connectivity index is 2.09. The van der Waals surface area contributed by atoms with E-state index in [1.807, 2.05) is 0 Å². The Morgan fingerprint density at radius 1 is 1.24 bits per heavy atom. The number of aliphatic carboxylic acids is 1. The molecule has 0 spiro atoms. The van der Waals surface area contributed by atoms with Gasteiger partial charge >= 0.3 is 12.1 Å². The molecule has 0 amide bonds. The average molecular weight is 354 g/mol. The van der Waals surface area contributed by atoms with Crippen molar-refractivity contribution in [1.29, 1.82) is 0 Å². The van der Waals surface area contributed by atoms with Crippen molar-refractivity contribution in [3.63, 3.8) is 0 Å². The molecule has 0 radical (unpaired) electrons. The van der Waals surface area contributed by atoms with Crippen LogP contribution in [0, 0.1) is 12.8 Å². The Hall–Kier alpha value is -2.38. The third kappa shape index (κ3) is 3.52. The van der Waals surface area contributed by atoms with Gasteiger partial charge in [0.2, 0.25) is 11.8 Å². The molecule has 1 unspecified atom stereocenters. The van der Waals surface area contributed by atoms with Crippen LogP contribution in [0.15, 0.2) is 22.6 Å². The summed E-state index contributed by atoms with van der Waals surface area (Å²) in [6, 6.07) is 3.68. The molecule has 0 bridgehead atoms. The van der Waals surface area contributed by atoms with Gasteiger partial charge in [-0.05, 0) is 36.5 Å². The fourth-order valence-electron chi connectivity index (χ4n) is 3.45. The van der Waals surface area contributed by atoms with Crippen LogP contribution < -0.4 is 0 Å². The number of rotatable bonds is 3. The number of carboxylic acid groups (broad SMARTS) is 1. The summed E-state index contributed by atoms with van der Waals surface area (Å²) < 4.78 is 45.2. The third-order valence-corrected chi connectivity index (χ3v) is 4.62. The van der Waals surface area contributed by atoms with Gasteiger partial charge in [0, 0.05) is 6.92 Å². The van der Waals surface area contributed by atoms with Gasteiger partial charge in [-0.25, -0.2) is 0 Å². The first-order valence-electron chi connectivity index (χ1n) is 8.02. The average Bonchev–Trinajstić information content (AvgIpc) is 3.00. The second-order valence-corrected chi connectivity index (χ2v) is 6.26. The quantitative estimate of drug-likeness (QED) is 0.883. The highest BCUT2D eigenvalue weighted by Gasteiger charge is 2.37. The second kappa shape index (κ2) is 6.50. The smallest absolute Gasteiger partial charge is 0.417 e. The monoisotopic (exact) mass is 354 g/mol. The van der Waals surface area contributed by atoms with Gasteiger partial charge in [0.25, 0.3) is 0 Å². The predicted molar refractivity (Wildman–Crippen MR) is 81.8 cm³/mol. The number of alkyl halides is 3. The van der Waals surface area contributed by atoms with Gasteiger partial charge in [0.1, 0.15) is 0 Å². The standard InChI is InChI=1S/C17H17F3N2O3/c1-9-21-22-15(25-9)13-8-10(6-7-14(13)17(18,19)20)11-4-2-3-5-12(11)16(23)24/h6-8,11-12H,2-5H2,1H3,(H,23,24)/t11-,12?/m0/s1. The zero-order valence-electron chi connectivity index (χ0n) is 13.5. The summed E-state index contributed by atoms with van der Waals surface area (Å²) in [4.78, 5) is 11.5. The van der Waals surface area contributed by atoms with Gasteiger partial charge in [-0.15, -0.1) is 10.2 Å². The molecule has 2 atom stereocenters. The number of aryl methyl sites for hydroxylation is 1. The number of hydrogen-bond donors (Lipinski definition) is 1. The fraction of sp³-hybridized carbons (Fsp3) is 0.471. The highest BCUT2D eigenvalue weighted by Crippen LogP contribution is 2.42. The number of nitrogens with zero attached hydrogens (tertiary/aromatic N) is 2. The third-order valence-electron chi connectivity index (χ3n) is 4.62. The molecule has 1 heterocycles. The number of halogens is 3. The molecule has 8 heteroatoms. The van der Waals surface area contributed by atoms with E-state index in [1.165, 1.54) is 19.1 Å². The maximum absolute atomic E-state index is 13.3. The highest BCUT2D eigenvalue weighted by atomic mass is 19.4. The molecule has 1 aliphatic carbocycles. The molecule has 134 valence electrons. The first kappa shape index (κ1) is 17.4. The fourth-order valence-corrected chi connectivity index (χ4v) is 3.45. The van der Waals surface area contributed by atoms with Crippen molar-refractivity contribution < 1.29 is 27.5 Å². The van der Waals surface area contributed by atoms with E-state index in [0.717, 1.165) is 18.9 Å². The molecule has 1 aromatic heterocycles. The van der Waals surface area contributed by atoms with Crippen molar-refractivity contribution >= 4 is 5.97 Å². The lowest BCUT2D eigenvalue weighted by Gasteiger charge is -2.29. The molecule has 1 saturated carbocycles. The molecule has 1 N–H and O–H groups in total. The van der Waals surface area contributed by atoms with Gasteiger partial charge in [-0.1, -0.05) is 18.9 Å². The lowest BCUT2D eigenvalue weighted by molar-refractivity contribution is -0.143. The summed E-state index contributed by atoms with van der Waals surface area (Å²) in [7, 11) is 0. The number of aromatic nitrogens is 2. The maximum atomic E-state index is 13.3. The van der Waals surface area contributed by atoms with Crippen LogP contribution in [0.2, 0.25) is 0 Å². The van der Waals surface area contributed by atoms with Crippen LogP contribution in [-0.4, -0.2) is 21.3 Å². The van der Waals surface area contributed by atoms with Crippen molar-refractivity contribution in [1.82, 2.24) is 10.2 Å². The zero-order chi connectivity index (χ0) is 18.2. The summed E-state index contributed by atoms with van der Waals surface area (Å²) in [6.07, 6.45) is -1.76. The Kier molecular flexibility index (Phi) is 4.53. The van der Waals surface area contributed by atoms with E-state index >= 15 is 0 Å². The van der Waals surface area contributed by atoms with E-state index < -0.39 is 23.6 Å². The van der Waals surface area contributed by atoms with Crippen molar-refractivity contribution in [3.05, 3.63) is 35.2 Å². The molecule has 1 fully saturated rings. The van der Waals surface area contributed by atoms with Crippen molar-refractivity contribution in [2.75, 3.05) is 0 Å². The molecule has 3 rings (SSSR count). The van der Waals surface area contributed by atoms with Gasteiger partial charge in [0.15, 0.2) is 0 Å². The lowest BCUT2D eigenvalue weighted by atomic mass is 9.75. The minimum atomic E-state index is -4.57.